The Bertz CT molecular complexity index is 927. The summed E-state index contributed by atoms with van der Waals surface area (Å²) in [6, 6.07) is 12.4. The molecule has 3 N–H and O–H groups in total. The fraction of sp³-hybridized carbons (Fsp3) is 0.333. The molecule has 1 aliphatic rings. The van der Waals surface area contributed by atoms with E-state index in [0.717, 1.165) is 31.2 Å². The average molecular weight is 414 g/mol. The van der Waals surface area contributed by atoms with E-state index in [2.05, 4.69) is 20.4 Å². The number of nitrogens with one attached hydrogen (secondary N) is 1. The zero-order valence-corrected chi connectivity index (χ0v) is 16.8. The van der Waals surface area contributed by atoms with Crippen LogP contribution in [0.1, 0.15) is 59.4 Å². The maximum atomic E-state index is 12.7. The highest BCUT2D eigenvalue weighted by molar-refractivity contribution is 5.94. The Kier molecular flexibility index (Phi) is 6.61. The van der Waals surface area contributed by atoms with Gasteiger partial charge in [0.2, 0.25) is 5.89 Å². The minimum atomic E-state index is -0.538. The van der Waals surface area contributed by atoms with Crippen LogP contribution in [0.4, 0.5) is 0 Å². The van der Waals surface area contributed by atoms with Gasteiger partial charge in [-0.3, -0.25) is 9.78 Å². The van der Waals surface area contributed by atoms with Crippen molar-refractivity contribution in [3.8, 4) is 0 Å². The smallest absolute Gasteiger partial charge is 0.251 e. The van der Waals surface area contributed by atoms with E-state index >= 15 is 0 Å². The fourth-order valence-corrected chi connectivity index (χ4v) is 3.59. The minimum Gasteiger partial charge on any atom is -0.340 e. The van der Waals surface area contributed by atoms with E-state index in [0.29, 0.717) is 23.7 Å². The number of hydrogen-bond acceptors (Lipinski definition) is 6. The first-order valence-electron chi connectivity index (χ1n) is 9.52. The largest absolute Gasteiger partial charge is 0.340 e. The van der Waals surface area contributed by atoms with Gasteiger partial charge >= 0.3 is 0 Å². The van der Waals surface area contributed by atoms with E-state index < -0.39 is 11.6 Å². The molecule has 2 aromatic heterocycles. The summed E-state index contributed by atoms with van der Waals surface area (Å²) in [5, 5.41) is 7.15. The van der Waals surface area contributed by atoms with Crippen LogP contribution in [0, 0.1) is 0 Å². The molecular formula is C21H24ClN5O2. The normalized spacial score (nSPS) is 16.0. The highest BCUT2D eigenvalue weighted by Gasteiger charge is 2.37. The summed E-state index contributed by atoms with van der Waals surface area (Å²) >= 11 is 0. The van der Waals surface area contributed by atoms with Crippen LogP contribution in [0.3, 0.4) is 0 Å². The monoisotopic (exact) mass is 413 g/mol. The van der Waals surface area contributed by atoms with Gasteiger partial charge in [-0.05, 0) is 36.6 Å². The van der Waals surface area contributed by atoms with E-state index in [4.69, 9.17) is 10.3 Å². The molecule has 152 valence electrons. The van der Waals surface area contributed by atoms with Gasteiger partial charge in [-0.2, -0.15) is 4.98 Å². The Hall–Kier alpha value is -2.77. The molecule has 1 amide bonds. The lowest BCUT2D eigenvalue weighted by atomic mass is 9.98. The standard InChI is InChI=1S/C21H23N5O2.ClH/c22-21(10-4-5-11-21)20-25-19(28-26-20)17(13-15-7-6-12-23-14-15)24-18(27)16-8-2-1-3-9-16;/h1-3,6-9,12,14,17H,4-5,10-11,13,22H2,(H,24,27);1H. The van der Waals surface area contributed by atoms with Gasteiger partial charge in [0.05, 0.1) is 5.54 Å². The van der Waals surface area contributed by atoms with Gasteiger partial charge in [0.15, 0.2) is 5.82 Å². The number of carbonyl (C=O) groups is 1. The quantitative estimate of drug-likeness (QED) is 0.641. The summed E-state index contributed by atoms with van der Waals surface area (Å²) in [6.07, 6.45) is 7.77. The van der Waals surface area contributed by atoms with Crippen LogP contribution in [-0.2, 0) is 12.0 Å². The van der Waals surface area contributed by atoms with Gasteiger partial charge in [0, 0.05) is 24.4 Å². The maximum absolute atomic E-state index is 12.7. The molecule has 0 radical (unpaired) electrons. The molecule has 4 rings (SSSR count). The Balaban J connectivity index is 0.00000240. The number of rotatable bonds is 6. The van der Waals surface area contributed by atoms with Crippen LogP contribution in [0.15, 0.2) is 59.4 Å². The fourth-order valence-electron chi connectivity index (χ4n) is 3.59. The summed E-state index contributed by atoms with van der Waals surface area (Å²) in [5.41, 5.74) is 7.45. The van der Waals surface area contributed by atoms with E-state index in [9.17, 15) is 4.79 Å². The van der Waals surface area contributed by atoms with Crippen molar-refractivity contribution in [2.45, 2.75) is 43.7 Å². The summed E-state index contributed by atoms with van der Waals surface area (Å²) < 4.78 is 5.54. The number of aromatic nitrogens is 3. The molecule has 1 aliphatic carbocycles. The third-order valence-electron chi connectivity index (χ3n) is 5.18. The van der Waals surface area contributed by atoms with Crippen LogP contribution in [0.2, 0.25) is 0 Å². The van der Waals surface area contributed by atoms with Gasteiger partial charge in [-0.25, -0.2) is 0 Å². The lowest BCUT2D eigenvalue weighted by molar-refractivity contribution is 0.0928. The van der Waals surface area contributed by atoms with E-state index in [-0.39, 0.29) is 18.3 Å². The van der Waals surface area contributed by atoms with Crippen molar-refractivity contribution in [2.24, 2.45) is 5.73 Å². The van der Waals surface area contributed by atoms with E-state index in [1.165, 1.54) is 0 Å². The molecule has 1 saturated carbocycles. The van der Waals surface area contributed by atoms with Crippen molar-refractivity contribution >= 4 is 18.3 Å². The van der Waals surface area contributed by atoms with Crippen molar-refractivity contribution in [3.05, 3.63) is 77.7 Å². The number of hydrogen-bond donors (Lipinski definition) is 2. The number of carbonyl (C=O) groups excluding carboxylic acids is 1. The molecule has 1 atom stereocenters. The molecule has 2 heterocycles. The molecule has 29 heavy (non-hydrogen) atoms. The summed E-state index contributed by atoms with van der Waals surface area (Å²) in [7, 11) is 0. The first kappa shape index (κ1) is 21.0. The van der Waals surface area contributed by atoms with Crippen LogP contribution in [-0.4, -0.2) is 21.0 Å². The minimum absolute atomic E-state index is 0. The number of pyridine rings is 1. The molecule has 8 heteroatoms. The van der Waals surface area contributed by atoms with Crippen molar-refractivity contribution in [1.29, 1.82) is 0 Å². The number of halogens is 1. The van der Waals surface area contributed by atoms with Gasteiger partial charge in [0.25, 0.3) is 5.91 Å². The van der Waals surface area contributed by atoms with Crippen LogP contribution in [0.25, 0.3) is 0 Å². The first-order chi connectivity index (χ1) is 13.6. The van der Waals surface area contributed by atoms with Crippen LogP contribution >= 0.6 is 12.4 Å². The molecule has 1 unspecified atom stereocenters. The topological polar surface area (TPSA) is 107 Å². The zero-order valence-electron chi connectivity index (χ0n) is 16.0. The third-order valence-corrected chi connectivity index (χ3v) is 5.18. The molecule has 3 aromatic rings. The Labute approximate surface area is 175 Å². The first-order valence-corrected chi connectivity index (χ1v) is 9.52. The lowest BCUT2D eigenvalue weighted by Crippen LogP contribution is -2.35. The molecule has 1 fully saturated rings. The third kappa shape index (κ3) is 4.81. The Morgan fingerprint density at radius 3 is 2.62 bits per heavy atom. The highest BCUT2D eigenvalue weighted by Crippen LogP contribution is 2.35. The van der Waals surface area contributed by atoms with Crippen LogP contribution in [0.5, 0.6) is 0 Å². The number of amides is 1. The maximum Gasteiger partial charge on any atom is 0.251 e. The SMILES string of the molecule is Cl.NC1(c2noc(C(Cc3cccnc3)NC(=O)c3ccccc3)n2)CCCC1. The summed E-state index contributed by atoms with van der Waals surface area (Å²) in [5.74, 6) is 0.683. The van der Waals surface area contributed by atoms with Gasteiger partial charge in [0.1, 0.15) is 6.04 Å². The second kappa shape index (κ2) is 9.15. The molecular weight excluding hydrogens is 390 g/mol. The Morgan fingerprint density at radius 2 is 1.93 bits per heavy atom. The van der Waals surface area contributed by atoms with E-state index in [1.54, 1.807) is 24.5 Å². The second-order valence-corrected chi connectivity index (χ2v) is 7.28. The van der Waals surface area contributed by atoms with Crippen molar-refractivity contribution in [2.75, 3.05) is 0 Å². The second-order valence-electron chi connectivity index (χ2n) is 7.28. The van der Waals surface area contributed by atoms with Crippen molar-refractivity contribution in [1.82, 2.24) is 20.4 Å². The van der Waals surface area contributed by atoms with E-state index in [1.807, 2.05) is 30.3 Å². The zero-order chi connectivity index (χ0) is 19.4. The molecule has 0 spiro atoms. The molecule has 1 aromatic carbocycles. The molecule has 0 saturated heterocycles. The van der Waals surface area contributed by atoms with Gasteiger partial charge < -0.3 is 15.6 Å². The highest BCUT2D eigenvalue weighted by atomic mass is 35.5. The molecule has 0 aliphatic heterocycles. The van der Waals surface area contributed by atoms with Gasteiger partial charge in [-0.15, -0.1) is 12.4 Å². The van der Waals surface area contributed by atoms with Gasteiger partial charge in [-0.1, -0.05) is 42.3 Å². The number of benzene rings is 1. The number of nitrogens with zero attached hydrogens (tertiary/aromatic N) is 3. The number of nitrogens with two attached hydrogens (primary N) is 1. The summed E-state index contributed by atoms with van der Waals surface area (Å²) in [6.45, 7) is 0. The average Bonchev–Trinajstić information content (AvgIpc) is 3.39. The van der Waals surface area contributed by atoms with Crippen LogP contribution < -0.4 is 11.1 Å². The lowest BCUT2D eigenvalue weighted by Gasteiger charge is -2.18. The summed E-state index contributed by atoms with van der Waals surface area (Å²) in [4.78, 5) is 21.4. The predicted molar refractivity (Wildman–Crippen MR) is 110 cm³/mol. The molecule has 0 bridgehead atoms. The molecule has 7 nitrogen and oxygen atoms in total. The Morgan fingerprint density at radius 1 is 1.17 bits per heavy atom. The van der Waals surface area contributed by atoms with Crippen molar-refractivity contribution in [3.63, 3.8) is 0 Å². The predicted octanol–water partition coefficient (Wildman–Crippen LogP) is 3.33. The van der Waals surface area contributed by atoms with Crippen molar-refractivity contribution < 1.29 is 9.32 Å².